The second-order valence-corrected chi connectivity index (χ2v) is 3.77. The molecule has 1 unspecified atom stereocenters. The topological polar surface area (TPSA) is 44.5 Å². The summed E-state index contributed by atoms with van der Waals surface area (Å²) in [7, 11) is 1.69. The van der Waals surface area contributed by atoms with Crippen LogP contribution in [0.1, 0.15) is 31.4 Å². The van der Waals surface area contributed by atoms with Crippen molar-refractivity contribution in [2.75, 3.05) is 20.3 Å². The summed E-state index contributed by atoms with van der Waals surface area (Å²) in [5.74, 6) is 0.896. The van der Waals surface area contributed by atoms with Crippen molar-refractivity contribution in [3.05, 3.63) is 29.8 Å². The van der Waals surface area contributed by atoms with Gasteiger partial charge < -0.3 is 15.2 Å². The Hall–Kier alpha value is -1.06. The molecule has 0 aliphatic carbocycles. The summed E-state index contributed by atoms with van der Waals surface area (Å²) < 4.78 is 10.7. The number of benzene rings is 1. The molecule has 0 spiro atoms. The van der Waals surface area contributed by atoms with E-state index in [1.54, 1.807) is 7.11 Å². The molecule has 1 aromatic carbocycles. The third-order valence-corrected chi connectivity index (χ3v) is 2.41. The van der Waals surface area contributed by atoms with Crippen molar-refractivity contribution in [1.82, 2.24) is 0 Å². The lowest BCUT2D eigenvalue weighted by molar-refractivity contribution is 0.187. The van der Waals surface area contributed by atoms with Crippen LogP contribution < -0.4 is 10.5 Å². The van der Waals surface area contributed by atoms with Gasteiger partial charge in [0.05, 0.1) is 6.61 Å². The normalized spacial score (nSPS) is 12.4. The van der Waals surface area contributed by atoms with Crippen molar-refractivity contribution in [3.63, 3.8) is 0 Å². The highest BCUT2D eigenvalue weighted by Crippen LogP contribution is 2.25. The Balaban J connectivity index is 2.68. The third-order valence-electron chi connectivity index (χ3n) is 2.41. The van der Waals surface area contributed by atoms with Gasteiger partial charge in [-0.15, -0.1) is 0 Å². The van der Waals surface area contributed by atoms with E-state index < -0.39 is 0 Å². The highest BCUT2D eigenvalue weighted by molar-refractivity contribution is 5.35. The lowest BCUT2D eigenvalue weighted by Gasteiger charge is -2.16. The molecule has 0 radical (unpaired) electrons. The van der Waals surface area contributed by atoms with E-state index in [0.29, 0.717) is 6.61 Å². The van der Waals surface area contributed by atoms with Crippen LogP contribution in [0, 0.1) is 0 Å². The molecule has 1 rings (SSSR count). The van der Waals surface area contributed by atoms with E-state index in [-0.39, 0.29) is 6.04 Å². The molecular weight excluding hydrogens is 202 g/mol. The number of nitrogens with two attached hydrogens (primary N) is 1. The van der Waals surface area contributed by atoms with Crippen molar-refractivity contribution in [1.29, 1.82) is 0 Å². The minimum atomic E-state index is -0.0204. The van der Waals surface area contributed by atoms with Gasteiger partial charge >= 0.3 is 0 Å². The molecule has 2 N–H and O–H groups in total. The minimum absolute atomic E-state index is 0.0204. The van der Waals surface area contributed by atoms with Crippen LogP contribution >= 0.6 is 0 Å². The predicted molar refractivity (Wildman–Crippen MR) is 65.6 cm³/mol. The van der Waals surface area contributed by atoms with E-state index in [1.807, 2.05) is 24.3 Å². The van der Waals surface area contributed by atoms with Gasteiger partial charge in [-0.1, -0.05) is 25.1 Å². The summed E-state index contributed by atoms with van der Waals surface area (Å²) in [4.78, 5) is 0. The predicted octanol–water partition coefficient (Wildman–Crippen LogP) is 2.51. The van der Waals surface area contributed by atoms with Crippen LogP contribution in [0.2, 0.25) is 0 Å². The standard InChI is InChI=1S/C13H21NO2/c1-3-9-16-13-7-5-4-6-11(13)12(14)8-10-15-2/h4-7,12H,3,8-10,14H2,1-2H3. The zero-order chi connectivity index (χ0) is 11.8. The lowest BCUT2D eigenvalue weighted by atomic mass is 10.0. The summed E-state index contributed by atoms with van der Waals surface area (Å²) in [5, 5.41) is 0. The van der Waals surface area contributed by atoms with Crippen LogP contribution in [0.4, 0.5) is 0 Å². The molecular formula is C13H21NO2. The van der Waals surface area contributed by atoms with Crippen molar-refractivity contribution in [2.45, 2.75) is 25.8 Å². The van der Waals surface area contributed by atoms with Crippen LogP contribution in [0.15, 0.2) is 24.3 Å². The Kier molecular flexibility index (Phi) is 5.90. The van der Waals surface area contributed by atoms with Gasteiger partial charge in [-0.2, -0.15) is 0 Å². The Labute approximate surface area is 97.6 Å². The number of ether oxygens (including phenoxy) is 2. The van der Waals surface area contributed by atoms with Gasteiger partial charge in [0.15, 0.2) is 0 Å². The van der Waals surface area contributed by atoms with Gasteiger partial charge in [-0.25, -0.2) is 0 Å². The van der Waals surface area contributed by atoms with Gasteiger partial charge in [-0.05, 0) is 18.9 Å². The molecule has 16 heavy (non-hydrogen) atoms. The molecule has 0 saturated carbocycles. The van der Waals surface area contributed by atoms with Gasteiger partial charge in [0, 0.05) is 25.3 Å². The van der Waals surface area contributed by atoms with Gasteiger partial charge in [0.1, 0.15) is 5.75 Å². The van der Waals surface area contributed by atoms with Crippen LogP contribution in [0.5, 0.6) is 5.75 Å². The van der Waals surface area contributed by atoms with Crippen LogP contribution in [-0.2, 0) is 4.74 Å². The van der Waals surface area contributed by atoms with E-state index in [9.17, 15) is 0 Å². The monoisotopic (exact) mass is 223 g/mol. The number of rotatable bonds is 7. The maximum atomic E-state index is 6.09. The molecule has 0 amide bonds. The molecule has 90 valence electrons. The average molecular weight is 223 g/mol. The van der Waals surface area contributed by atoms with Crippen LogP contribution in [0.25, 0.3) is 0 Å². The average Bonchev–Trinajstić information content (AvgIpc) is 2.33. The number of hydrogen-bond acceptors (Lipinski definition) is 3. The first-order chi connectivity index (χ1) is 7.79. The fraction of sp³-hybridized carbons (Fsp3) is 0.538. The SMILES string of the molecule is CCCOc1ccccc1C(N)CCOC. The summed E-state index contributed by atoms with van der Waals surface area (Å²) in [6.45, 7) is 3.49. The maximum Gasteiger partial charge on any atom is 0.124 e. The van der Waals surface area contributed by atoms with Crippen molar-refractivity contribution < 1.29 is 9.47 Å². The highest BCUT2D eigenvalue weighted by Gasteiger charge is 2.11. The molecule has 0 bridgehead atoms. The van der Waals surface area contributed by atoms with Crippen molar-refractivity contribution in [2.24, 2.45) is 5.73 Å². The summed E-state index contributed by atoms with van der Waals surface area (Å²) in [6.07, 6.45) is 1.81. The molecule has 0 aliphatic heterocycles. The van der Waals surface area contributed by atoms with E-state index >= 15 is 0 Å². The van der Waals surface area contributed by atoms with Crippen molar-refractivity contribution in [3.8, 4) is 5.75 Å². The summed E-state index contributed by atoms with van der Waals surface area (Å²) >= 11 is 0. The minimum Gasteiger partial charge on any atom is -0.493 e. The molecule has 3 heteroatoms. The lowest BCUT2D eigenvalue weighted by Crippen LogP contribution is -2.14. The number of hydrogen-bond donors (Lipinski definition) is 1. The third kappa shape index (κ3) is 3.83. The Morgan fingerprint density at radius 3 is 2.69 bits per heavy atom. The maximum absolute atomic E-state index is 6.09. The summed E-state index contributed by atoms with van der Waals surface area (Å²) in [5.41, 5.74) is 7.16. The van der Waals surface area contributed by atoms with E-state index in [4.69, 9.17) is 15.2 Å². The first-order valence-electron chi connectivity index (χ1n) is 5.75. The first-order valence-corrected chi connectivity index (χ1v) is 5.75. The highest BCUT2D eigenvalue weighted by atomic mass is 16.5. The number of para-hydroxylation sites is 1. The van der Waals surface area contributed by atoms with E-state index in [1.165, 1.54) is 0 Å². The molecule has 0 fully saturated rings. The second kappa shape index (κ2) is 7.25. The van der Waals surface area contributed by atoms with E-state index in [0.717, 1.165) is 30.8 Å². The zero-order valence-electron chi connectivity index (χ0n) is 10.1. The first kappa shape index (κ1) is 13.0. The molecule has 1 atom stereocenters. The van der Waals surface area contributed by atoms with Gasteiger partial charge in [0.2, 0.25) is 0 Å². The summed E-state index contributed by atoms with van der Waals surface area (Å²) in [6, 6.07) is 7.93. The second-order valence-electron chi connectivity index (χ2n) is 3.77. The quantitative estimate of drug-likeness (QED) is 0.772. The van der Waals surface area contributed by atoms with Gasteiger partial charge in [0.25, 0.3) is 0 Å². The zero-order valence-corrected chi connectivity index (χ0v) is 10.1. The van der Waals surface area contributed by atoms with Crippen LogP contribution in [-0.4, -0.2) is 20.3 Å². The smallest absolute Gasteiger partial charge is 0.124 e. The molecule has 0 saturated heterocycles. The molecule has 0 aromatic heterocycles. The molecule has 3 nitrogen and oxygen atoms in total. The fourth-order valence-electron chi connectivity index (χ4n) is 1.53. The molecule has 0 heterocycles. The Bertz CT molecular complexity index is 302. The Morgan fingerprint density at radius 1 is 1.25 bits per heavy atom. The molecule has 1 aromatic rings. The number of methoxy groups -OCH3 is 1. The van der Waals surface area contributed by atoms with Crippen molar-refractivity contribution >= 4 is 0 Å². The van der Waals surface area contributed by atoms with Crippen LogP contribution in [0.3, 0.4) is 0 Å². The largest absolute Gasteiger partial charge is 0.493 e. The van der Waals surface area contributed by atoms with Gasteiger partial charge in [-0.3, -0.25) is 0 Å². The Morgan fingerprint density at radius 2 is 2.00 bits per heavy atom. The molecule has 0 aliphatic rings. The fourth-order valence-corrected chi connectivity index (χ4v) is 1.53. The van der Waals surface area contributed by atoms with E-state index in [2.05, 4.69) is 6.92 Å².